The zero-order chi connectivity index (χ0) is 14.5. The van der Waals surface area contributed by atoms with Gasteiger partial charge in [0, 0.05) is 24.7 Å². The standard InChI is InChI=1S/C16H22N2O2/c1-5-6-17-15-8-12(10-19-3)18-16-11(2)7-13(20-4)9-14(15)16/h7-9H,5-6,10H2,1-4H3,(H,17,18). The molecule has 0 spiro atoms. The Bertz CT molecular complexity index is 597. The molecule has 2 rings (SSSR count). The molecule has 0 atom stereocenters. The first-order valence-electron chi connectivity index (χ1n) is 6.90. The maximum absolute atomic E-state index is 5.36. The number of benzene rings is 1. The minimum Gasteiger partial charge on any atom is -0.497 e. The van der Waals surface area contributed by atoms with Gasteiger partial charge in [-0.2, -0.15) is 0 Å². The second-order valence-electron chi connectivity index (χ2n) is 4.86. The first-order valence-corrected chi connectivity index (χ1v) is 6.90. The van der Waals surface area contributed by atoms with E-state index in [-0.39, 0.29) is 0 Å². The molecule has 0 aliphatic heterocycles. The average molecular weight is 274 g/mol. The lowest BCUT2D eigenvalue weighted by molar-refractivity contribution is 0.182. The minimum absolute atomic E-state index is 0.516. The number of aryl methyl sites for hydroxylation is 1. The number of methoxy groups -OCH3 is 2. The number of ether oxygens (including phenoxy) is 2. The first kappa shape index (κ1) is 14.6. The molecular formula is C16H22N2O2. The van der Waals surface area contributed by atoms with Gasteiger partial charge < -0.3 is 14.8 Å². The molecule has 4 nitrogen and oxygen atoms in total. The van der Waals surface area contributed by atoms with Crippen LogP contribution in [0.1, 0.15) is 24.6 Å². The lowest BCUT2D eigenvalue weighted by Gasteiger charge is -2.14. The van der Waals surface area contributed by atoms with Crippen molar-refractivity contribution in [3.8, 4) is 5.75 Å². The van der Waals surface area contributed by atoms with Gasteiger partial charge in [-0.25, -0.2) is 4.98 Å². The van der Waals surface area contributed by atoms with E-state index in [0.29, 0.717) is 6.61 Å². The summed E-state index contributed by atoms with van der Waals surface area (Å²) < 4.78 is 10.6. The molecule has 1 N–H and O–H groups in total. The Labute approximate surface area is 120 Å². The second kappa shape index (κ2) is 6.57. The summed E-state index contributed by atoms with van der Waals surface area (Å²) in [5.74, 6) is 0.857. The van der Waals surface area contributed by atoms with Crippen LogP contribution in [0, 0.1) is 6.92 Å². The third kappa shape index (κ3) is 3.02. The molecule has 1 aromatic carbocycles. The molecule has 1 aromatic heterocycles. The van der Waals surface area contributed by atoms with Crippen LogP contribution in [0.3, 0.4) is 0 Å². The maximum Gasteiger partial charge on any atom is 0.119 e. The fourth-order valence-corrected chi connectivity index (χ4v) is 2.27. The van der Waals surface area contributed by atoms with E-state index in [0.717, 1.165) is 46.6 Å². The second-order valence-corrected chi connectivity index (χ2v) is 4.86. The van der Waals surface area contributed by atoms with E-state index in [4.69, 9.17) is 9.47 Å². The number of aromatic nitrogens is 1. The minimum atomic E-state index is 0.516. The maximum atomic E-state index is 5.36. The van der Waals surface area contributed by atoms with Crippen molar-refractivity contribution in [2.45, 2.75) is 26.9 Å². The van der Waals surface area contributed by atoms with Crippen LogP contribution >= 0.6 is 0 Å². The quantitative estimate of drug-likeness (QED) is 0.875. The predicted molar refractivity (Wildman–Crippen MR) is 82.5 cm³/mol. The summed E-state index contributed by atoms with van der Waals surface area (Å²) in [6.07, 6.45) is 1.08. The Morgan fingerprint density at radius 1 is 1.20 bits per heavy atom. The molecule has 0 amide bonds. The first-order chi connectivity index (χ1) is 9.69. The van der Waals surface area contributed by atoms with Gasteiger partial charge in [0.25, 0.3) is 0 Å². The van der Waals surface area contributed by atoms with Gasteiger partial charge in [-0.05, 0) is 37.1 Å². The van der Waals surface area contributed by atoms with E-state index >= 15 is 0 Å². The molecule has 0 unspecified atom stereocenters. The van der Waals surface area contributed by atoms with Crippen molar-refractivity contribution in [2.24, 2.45) is 0 Å². The number of pyridine rings is 1. The molecule has 4 heteroatoms. The van der Waals surface area contributed by atoms with Crippen LogP contribution in [0.15, 0.2) is 18.2 Å². The van der Waals surface area contributed by atoms with Crippen LogP contribution in [-0.4, -0.2) is 25.7 Å². The summed E-state index contributed by atoms with van der Waals surface area (Å²) in [6, 6.07) is 6.10. The van der Waals surface area contributed by atoms with Crippen molar-refractivity contribution < 1.29 is 9.47 Å². The molecule has 0 fully saturated rings. The summed E-state index contributed by atoms with van der Waals surface area (Å²) in [7, 11) is 3.37. The molecule has 108 valence electrons. The van der Waals surface area contributed by atoms with Crippen LogP contribution in [0.4, 0.5) is 5.69 Å². The van der Waals surface area contributed by atoms with Crippen molar-refractivity contribution >= 4 is 16.6 Å². The summed E-state index contributed by atoms with van der Waals surface area (Å²) in [5.41, 5.74) is 4.13. The summed E-state index contributed by atoms with van der Waals surface area (Å²) in [4.78, 5) is 4.69. The molecule has 0 aliphatic carbocycles. The van der Waals surface area contributed by atoms with E-state index < -0.39 is 0 Å². The average Bonchev–Trinajstić information content (AvgIpc) is 2.45. The Balaban J connectivity index is 2.60. The zero-order valence-electron chi connectivity index (χ0n) is 12.6. The number of fused-ring (bicyclic) bond motifs is 1. The van der Waals surface area contributed by atoms with Crippen molar-refractivity contribution in [3.63, 3.8) is 0 Å². The van der Waals surface area contributed by atoms with E-state index in [2.05, 4.69) is 30.2 Å². The number of hydrogen-bond acceptors (Lipinski definition) is 4. The predicted octanol–water partition coefficient (Wildman–Crippen LogP) is 3.52. The zero-order valence-corrected chi connectivity index (χ0v) is 12.6. The Morgan fingerprint density at radius 3 is 2.65 bits per heavy atom. The Hall–Kier alpha value is -1.81. The number of rotatable bonds is 6. The van der Waals surface area contributed by atoms with Crippen molar-refractivity contribution in [1.82, 2.24) is 4.98 Å². The fourth-order valence-electron chi connectivity index (χ4n) is 2.27. The van der Waals surface area contributed by atoms with E-state index in [1.807, 2.05) is 12.1 Å². The molecule has 1 heterocycles. The fraction of sp³-hybridized carbons (Fsp3) is 0.438. The van der Waals surface area contributed by atoms with Crippen LogP contribution in [0.2, 0.25) is 0 Å². The Morgan fingerprint density at radius 2 is 2.00 bits per heavy atom. The topological polar surface area (TPSA) is 43.4 Å². The lowest BCUT2D eigenvalue weighted by Crippen LogP contribution is -2.04. The van der Waals surface area contributed by atoms with Gasteiger partial charge in [0.15, 0.2) is 0 Å². The molecule has 2 aromatic rings. The highest BCUT2D eigenvalue weighted by atomic mass is 16.5. The molecule has 20 heavy (non-hydrogen) atoms. The van der Waals surface area contributed by atoms with Gasteiger partial charge in [0.05, 0.1) is 24.9 Å². The number of nitrogens with zero attached hydrogens (tertiary/aromatic N) is 1. The normalized spacial score (nSPS) is 10.8. The van der Waals surface area contributed by atoms with Crippen molar-refractivity contribution in [1.29, 1.82) is 0 Å². The van der Waals surface area contributed by atoms with Gasteiger partial charge in [0.2, 0.25) is 0 Å². The van der Waals surface area contributed by atoms with Gasteiger partial charge in [0.1, 0.15) is 5.75 Å². The lowest BCUT2D eigenvalue weighted by atomic mass is 10.1. The highest BCUT2D eigenvalue weighted by Crippen LogP contribution is 2.30. The van der Waals surface area contributed by atoms with Gasteiger partial charge in [-0.15, -0.1) is 0 Å². The summed E-state index contributed by atoms with van der Waals surface area (Å²) in [6.45, 7) is 5.65. The number of hydrogen-bond donors (Lipinski definition) is 1. The van der Waals surface area contributed by atoms with Gasteiger partial charge in [-0.1, -0.05) is 6.92 Å². The van der Waals surface area contributed by atoms with Gasteiger partial charge in [-0.3, -0.25) is 0 Å². The molecule has 0 radical (unpaired) electrons. The third-order valence-corrected chi connectivity index (χ3v) is 3.22. The van der Waals surface area contributed by atoms with Crippen molar-refractivity contribution in [2.75, 3.05) is 26.1 Å². The molecular weight excluding hydrogens is 252 g/mol. The monoisotopic (exact) mass is 274 g/mol. The van der Waals surface area contributed by atoms with Crippen LogP contribution in [0.25, 0.3) is 10.9 Å². The molecule has 0 aliphatic rings. The van der Waals surface area contributed by atoms with Gasteiger partial charge >= 0.3 is 0 Å². The van der Waals surface area contributed by atoms with Crippen molar-refractivity contribution in [3.05, 3.63) is 29.5 Å². The molecule has 0 bridgehead atoms. The number of anilines is 1. The van der Waals surface area contributed by atoms with E-state index in [1.54, 1.807) is 14.2 Å². The van der Waals surface area contributed by atoms with E-state index in [1.165, 1.54) is 0 Å². The number of nitrogens with one attached hydrogen (secondary N) is 1. The third-order valence-electron chi connectivity index (χ3n) is 3.22. The highest BCUT2D eigenvalue weighted by Gasteiger charge is 2.10. The van der Waals surface area contributed by atoms with Crippen LogP contribution in [0.5, 0.6) is 5.75 Å². The van der Waals surface area contributed by atoms with Crippen LogP contribution in [-0.2, 0) is 11.3 Å². The van der Waals surface area contributed by atoms with Crippen LogP contribution < -0.4 is 10.1 Å². The van der Waals surface area contributed by atoms with E-state index in [9.17, 15) is 0 Å². The highest BCUT2D eigenvalue weighted by molar-refractivity contribution is 5.94. The SMILES string of the molecule is CCCNc1cc(COC)nc2c(C)cc(OC)cc12. The smallest absolute Gasteiger partial charge is 0.119 e. The largest absolute Gasteiger partial charge is 0.497 e. The molecule has 0 saturated carbocycles. The summed E-state index contributed by atoms with van der Waals surface area (Å²) >= 11 is 0. The Kier molecular flexibility index (Phi) is 4.79. The molecule has 0 saturated heterocycles. The summed E-state index contributed by atoms with van der Waals surface area (Å²) in [5, 5.41) is 4.56.